The van der Waals surface area contributed by atoms with E-state index in [1.54, 1.807) is 29.2 Å². The number of amides is 2. The van der Waals surface area contributed by atoms with Crippen LogP contribution in [0.3, 0.4) is 0 Å². The van der Waals surface area contributed by atoms with Crippen molar-refractivity contribution >= 4 is 34.8 Å². The predicted molar refractivity (Wildman–Crippen MR) is 109 cm³/mol. The Morgan fingerprint density at radius 3 is 2.59 bits per heavy atom. The lowest BCUT2D eigenvalue weighted by atomic mass is 10.1. The van der Waals surface area contributed by atoms with Crippen LogP contribution in [-0.4, -0.2) is 38.5 Å². The molecule has 1 heterocycles. The van der Waals surface area contributed by atoms with E-state index < -0.39 is 5.92 Å². The maximum absolute atomic E-state index is 12.6. The number of carbonyl (C=O) groups is 2. The summed E-state index contributed by atoms with van der Waals surface area (Å²) in [7, 11) is 2.03. The summed E-state index contributed by atoms with van der Waals surface area (Å²) >= 11 is 5.90. The van der Waals surface area contributed by atoms with Crippen molar-refractivity contribution in [1.82, 2.24) is 5.32 Å². The van der Waals surface area contributed by atoms with E-state index in [-0.39, 0.29) is 11.8 Å². The zero-order valence-corrected chi connectivity index (χ0v) is 16.2. The quantitative estimate of drug-likeness (QED) is 0.587. The van der Waals surface area contributed by atoms with Gasteiger partial charge in [-0.05, 0) is 49.2 Å². The highest BCUT2D eigenvalue weighted by atomic mass is 35.5. The third-order valence-electron chi connectivity index (χ3n) is 4.83. The summed E-state index contributed by atoms with van der Waals surface area (Å²) in [5.41, 5.74) is 1.93. The number of carbonyl (C=O) groups excluding carboxylic acids is 2. The molecule has 0 spiro atoms. The normalized spacial score (nSPS) is 16.4. The van der Waals surface area contributed by atoms with Crippen molar-refractivity contribution in [2.45, 2.75) is 12.8 Å². The lowest BCUT2D eigenvalue weighted by molar-refractivity contribution is -0.132. The summed E-state index contributed by atoms with van der Waals surface area (Å²) in [6.07, 6.45) is 1.36. The number of benzene rings is 2. The summed E-state index contributed by atoms with van der Waals surface area (Å²) in [5, 5.41) is 3.53. The summed E-state index contributed by atoms with van der Waals surface area (Å²) in [4.78, 5) is 28.8. The maximum atomic E-state index is 12.6. The standard InChI is InChI=1S/C21H24ClN3O2/c1-24(17-6-3-2-4-7-17)14-5-13-23-20(26)19-12-15-25(21(19)27)18-10-8-16(22)9-11-18/h2-4,6-11,19H,5,12-15H2,1H3,(H,23,26). The fourth-order valence-corrected chi connectivity index (χ4v) is 3.39. The van der Waals surface area contributed by atoms with Crippen LogP contribution in [0.25, 0.3) is 0 Å². The molecule has 27 heavy (non-hydrogen) atoms. The monoisotopic (exact) mass is 385 g/mol. The second-order valence-electron chi connectivity index (χ2n) is 6.71. The molecule has 3 rings (SSSR count). The first kappa shape index (κ1) is 19.2. The second-order valence-corrected chi connectivity index (χ2v) is 7.15. The summed E-state index contributed by atoms with van der Waals surface area (Å²) in [5.74, 6) is -0.928. The number of hydrogen-bond acceptors (Lipinski definition) is 3. The largest absolute Gasteiger partial charge is 0.375 e. The number of para-hydroxylation sites is 1. The number of hydrogen-bond donors (Lipinski definition) is 1. The molecule has 1 N–H and O–H groups in total. The topological polar surface area (TPSA) is 52.7 Å². The van der Waals surface area contributed by atoms with Gasteiger partial charge < -0.3 is 15.1 Å². The fourth-order valence-electron chi connectivity index (χ4n) is 3.26. The van der Waals surface area contributed by atoms with Crippen LogP contribution in [0.2, 0.25) is 5.02 Å². The van der Waals surface area contributed by atoms with Crippen LogP contribution >= 0.6 is 11.6 Å². The van der Waals surface area contributed by atoms with Crippen molar-refractivity contribution < 1.29 is 9.59 Å². The van der Waals surface area contributed by atoms with Gasteiger partial charge in [-0.3, -0.25) is 9.59 Å². The number of anilines is 2. The second kappa shape index (κ2) is 8.91. The Balaban J connectivity index is 1.44. The highest BCUT2D eigenvalue weighted by Crippen LogP contribution is 2.26. The Bertz CT molecular complexity index is 780. The molecule has 1 aliphatic rings. The van der Waals surface area contributed by atoms with E-state index in [1.165, 1.54) is 0 Å². The zero-order chi connectivity index (χ0) is 19.2. The van der Waals surface area contributed by atoms with E-state index in [4.69, 9.17) is 11.6 Å². The average molecular weight is 386 g/mol. The number of nitrogens with zero attached hydrogens (tertiary/aromatic N) is 2. The Kier molecular flexibility index (Phi) is 6.35. The van der Waals surface area contributed by atoms with E-state index >= 15 is 0 Å². The minimum atomic E-state index is -0.604. The molecule has 5 nitrogen and oxygen atoms in total. The lowest BCUT2D eigenvalue weighted by Crippen LogP contribution is -2.37. The van der Waals surface area contributed by atoms with Gasteiger partial charge >= 0.3 is 0 Å². The summed E-state index contributed by atoms with van der Waals surface area (Å²) in [6.45, 7) is 1.94. The van der Waals surface area contributed by atoms with E-state index in [1.807, 2.05) is 25.2 Å². The molecule has 1 saturated heterocycles. The average Bonchev–Trinajstić information content (AvgIpc) is 3.07. The Morgan fingerprint density at radius 2 is 1.89 bits per heavy atom. The molecule has 0 saturated carbocycles. The molecule has 142 valence electrons. The minimum absolute atomic E-state index is 0.142. The first-order chi connectivity index (χ1) is 13.1. The van der Waals surface area contributed by atoms with Gasteiger partial charge in [0.15, 0.2) is 0 Å². The molecular weight excluding hydrogens is 362 g/mol. The predicted octanol–water partition coefficient (Wildman–Crippen LogP) is 3.34. The minimum Gasteiger partial charge on any atom is -0.375 e. The molecule has 2 aromatic rings. The molecule has 0 bridgehead atoms. The van der Waals surface area contributed by atoms with Crippen molar-refractivity contribution in [2.24, 2.45) is 5.92 Å². The molecular formula is C21H24ClN3O2. The van der Waals surface area contributed by atoms with Gasteiger partial charge in [0.05, 0.1) is 0 Å². The molecule has 0 aromatic heterocycles. The van der Waals surface area contributed by atoms with E-state index in [0.29, 0.717) is 24.5 Å². The van der Waals surface area contributed by atoms with Crippen molar-refractivity contribution in [2.75, 3.05) is 36.5 Å². The van der Waals surface area contributed by atoms with Crippen LogP contribution in [0, 0.1) is 5.92 Å². The van der Waals surface area contributed by atoms with Gasteiger partial charge in [-0.1, -0.05) is 29.8 Å². The van der Waals surface area contributed by atoms with Crippen LogP contribution in [0.1, 0.15) is 12.8 Å². The smallest absolute Gasteiger partial charge is 0.239 e. The van der Waals surface area contributed by atoms with Gasteiger partial charge in [0.25, 0.3) is 0 Å². The van der Waals surface area contributed by atoms with Gasteiger partial charge in [-0.25, -0.2) is 0 Å². The summed E-state index contributed by atoms with van der Waals surface area (Å²) < 4.78 is 0. The van der Waals surface area contributed by atoms with Crippen molar-refractivity contribution in [3.63, 3.8) is 0 Å². The Hall–Kier alpha value is -2.53. The van der Waals surface area contributed by atoms with Gasteiger partial charge in [0.1, 0.15) is 5.92 Å². The van der Waals surface area contributed by atoms with Gasteiger partial charge in [-0.2, -0.15) is 0 Å². The Labute approximate surface area is 164 Å². The zero-order valence-electron chi connectivity index (χ0n) is 15.4. The van der Waals surface area contributed by atoms with Crippen molar-refractivity contribution in [3.8, 4) is 0 Å². The maximum Gasteiger partial charge on any atom is 0.239 e. The van der Waals surface area contributed by atoms with Crippen molar-refractivity contribution in [3.05, 3.63) is 59.6 Å². The van der Waals surface area contributed by atoms with Gasteiger partial charge in [0.2, 0.25) is 11.8 Å². The molecule has 1 fully saturated rings. The van der Waals surface area contributed by atoms with Crippen LogP contribution in [0.4, 0.5) is 11.4 Å². The molecule has 2 aromatic carbocycles. The number of halogens is 1. The van der Waals surface area contributed by atoms with Crippen LogP contribution in [0.15, 0.2) is 54.6 Å². The molecule has 0 radical (unpaired) electrons. The molecule has 1 atom stereocenters. The first-order valence-corrected chi connectivity index (χ1v) is 9.55. The van der Waals surface area contributed by atoms with Crippen LogP contribution in [-0.2, 0) is 9.59 Å². The Morgan fingerprint density at radius 1 is 1.19 bits per heavy atom. The third kappa shape index (κ3) is 4.80. The van der Waals surface area contributed by atoms with Gasteiger partial charge in [-0.15, -0.1) is 0 Å². The molecule has 1 aliphatic heterocycles. The van der Waals surface area contributed by atoms with Crippen LogP contribution < -0.4 is 15.1 Å². The van der Waals surface area contributed by atoms with E-state index in [2.05, 4.69) is 22.3 Å². The molecule has 2 amide bonds. The van der Waals surface area contributed by atoms with E-state index in [0.717, 1.165) is 24.3 Å². The highest BCUT2D eigenvalue weighted by molar-refractivity contribution is 6.30. The molecule has 1 unspecified atom stereocenters. The lowest BCUT2D eigenvalue weighted by Gasteiger charge is -2.19. The SMILES string of the molecule is CN(CCCNC(=O)C1CCN(c2ccc(Cl)cc2)C1=O)c1ccccc1. The fraction of sp³-hybridized carbons (Fsp3) is 0.333. The first-order valence-electron chi connectivity index (χ1n) is 9.17. The highest BCUT2D eigenvalue weighted by Gasteiger charge is 2.37. The van der Waals surface area contributed by atoms with Crippen molar-refractivity contribution in [1.29, 1.82) is 0 Å². The number of nitrogens with one attached hydrogen (secondary N) is 1. The van der Waals surface area contributed by atoms with E-state index in [9.17, 15) is 9.59 Å². The van der Waals surface area contributed by atoms with Gasteiger partial charge in [0, 0.05) is 43.1 Å². The summed E-state index contributed by atoms with van der Waals surface area (Å²) in [6, 6.07) is 17.2. The molecule has 0 aliphatic carbocycles. The third-order valence-corrected chi connectivity index (χ3v) is 5.08. The van der Waals surface area contributed by atoms with Crippen LogP contribution in [0.5, 0.6) is 0 Å². The molecule has 6 heteroatoms. The number of rotatable bonds is 7.